The number of halogens is 2. The number of nitrogens with one attached hydrogen (secondary N) is 1. The number of aromatic hydroxyl groups is 1. The third kappa shape index (κ3) is 4.21. The number of carbonyl (C=O) groups excluding carboxylic acids is 1. The van der Waals surface area contributed by atoms with Crippen LogP contribution in [-0.4, -0.2) is 17.2 Å². The van der Waals surface area contributed by atoms with Crippen molar-refractivity contribution in [2.24, 2.45) is 5.10 Å². The highest BCUT2D eigenvalue weighted by Gasteiger charge is 2.07. The molecule has 0 aliphatic rings. The number of hydrogen-bond acceptors (Lipinski definition) is 4. The molecule has 126 valence electrons. The Morgan fingerprint density at radius 2 is 1.92 bits per heavy atom. The smallest absolute Gasteiger partial charge is 0.271 e. The molecule has 25 heavy (non-hydrogen) atoms. The molecule has 1 amide bonds. The van der Waals surface area contributed by atoms with Crippen molar-refractivity contribution in [3.8, 4) is 17.1 Å². The Labute approximate surface area is 153 Å². The van der Waals surface area contributed by atoms with Crippen LogP contribution in [0.3, 0.4) is 0 Å². The van der Waals surface area contributed by atoms with Gasteiger partial charge in [-0.15, -0.1) is 0 Å². The van der Waals surface area contributed by atoms with Crippen LogP contribution < -0.4 is 5.43 Å². The van der Waals surface area contributed by atoms with Crippen LogP contribution in [-0.2, 0) is 0 Å². The van der Waals surface area contributed by atoms with Gasteiger partial charge >= 0.3 is 0 Å². The van der Waals surface area contributed by atoms with Gasteiger partial charge in [0.25, 0.3) is 5.91 Å². The van der Waals surface area contributed by atoms with Crippen LogP contribution in [0.25, 0.3) is 11.3 Å². The molecule has 0 saturated carbocycles. The first-order chi connectivity index (χ1) is 12.0. The SMILES string of the molecule is O=C(N/N=C/c1ccc(-c2ccc(Cl)c(Cl)c2)o1)c1cccc(O)c1. The van der Waals surface area contributed by atoms with Gasteiger partial charge in [-0.3, -0.25) is 4.79 Å². The molecule has 0 atom stereocenters. The topological polar surface area (TPSA) is 74.8 Å². The van der Waals surface area contributed by atoms with Crippen LogP contribution in [0.4, 0.5) is 0 Å². The minimum Gasteiger partial charge on any atom is -0.508 e. The van der Waals surface area contributed by atoms with Crippen molar-refractivity contribution in [2.75, 3.05) is 0 Å². The van der Waals surface area contributed by atoms with Crippen LogP contribution in [0.5, 0.6) is 5.75 Å². The molecule has 1 heterocycles. The standard InChI is InChI=1S/C18H12Cl2N2O3/c19-15-6-4-11(9-16(15)20)17-7-5-14(25-17)10-21-22-18(24)12-2-1-3-13(23)8-12/h1-10,23H,(H,22,24)/b21-10+. The van der Waals surface area contributed by atoms with Gasteiger partial charge in [0.2, 0.25) is 0 Å². The van der Waals surface area contributed by atoms with Gasteiger partial charge in [-0.05, 0) is 48.5 Å². The van der Waals surface area contributed by atoms with Gasteiger partial charge in [0.15, 0.2) is 0 Å². The van der Waals surface area contributed by atoms with Crippen LogP contribution >= 0.6 is 23.2 Å². The summed E-state index contributed by atoms with van der Waals surface area (Å²) in [6.45, 7) is 0. The fraction of sp³-hybridized carbons (Fsp3) is 0. The number of nitrogens with zero attached hydrogens (tertiary/aromatic N) is 1. The lowest BCUT2D eigenvalue weighted by Gasteiger charge is -2.00. The highest BCUT2D eigenvalue weighted by atomic mass is 35.5. The Hall–Kier alpha value is -2.76. The van der Waals surface area contributed by atoms with Crippen LogP contribution in [0.2, 0.25) is 10.0 Å². The average Bonchev–Trinajstić information content (AvgIpc) is 3.06. The Balaban J connectivity index is 1.67. The zero-order valence-corrected chi connectivity index (χ0v) is 14.3. The minimum absolute atomic E-state index is 0.00827. The second-order valence-electron chi connectivity index (χ2n) is 5.08. The van der Waals surface area contributed by atoms with E-state index in [1.807, 2.05) is 0 Å². The maximum atomic E-state index is 11.9. The first-order valence-corrected chi connectivity index (χ1v) is 7.96. The fourth-order valence-corrected chi connectivity index (χ4v) is 2.39. The van der Waals surface area contributed by atoms with Gasteiger partial charge in [-0.25, -0.2) is 5.43 Å². The number of amides is 1. The second kappa shape index (κ2) is 7.42. The van der Waals surface area contributed by atoms with Gasteiger partial charge in [0, 0.05) is 11.1 Å². The van der Waals surface area contributed by atoms with E-state index in [0.717, 1.165) is 5.56 Å². The van der Waals surface area contributed by atoms with Crippen LogP contribution in [0.1, 0.15) is 16.1 Å². The van der Waals surface area contributed by atoms with Crippen LogP contribution in [0, 0.1) is 0 Å². The Morgan fingerprint density at radius 1 is 1.08 bits per heavy atom. The molecule has 0 unspecified atom stereocenters. The number of phenolic OH excluding ortho intramolecular Hbond substituents is 1. The van der Waals surface area contributed by atoms with Crippen molar-refractivity contribution in [2.45, 2.75) is 0 Å². The third-order valence-corrected chi connectivity index (χ3v) is 4.04. The van der Waals surface area contributed by atoms with Crippen LogP contribution in [0.15, 0.2) is 64.1 Å². The van der Waals surface area contributed by atoms with E-state index in [1.54, 1.807) is 42.5 Å². The number of benzene rings is 2. The van der Waals surface area contributed by atoms with Crippen molar-refractivity contribution in [3.63, 3.8) is 0 Å². The minimum atomic E-state index is -0.441. The summed E-state index contributed by atoms with van der Waals surface area (Å²) in [7, 11) is 0. The third-order valence-electron chi connectivity index (χ3n) is 3.30. The molecule has 3 rings (SSSR count). The first kappa shape index (κ1) is 17.1. The molecule has 0 radical (unpaired) electrons. The molecular weight excluding hydrogens is 363 g/mol. The van der Waals surface area contributed by atoms with E-state index in [9.17, 15) is 9.90 Å². The maximum absolute atomic E-state index is 11.9. The average molecular weight is 375 g/mol. The van der Waals surface area contributed by atoms with Crippen molar-refractivity contribution in [1.29, 1.82) is 0 Å². The molecule has 5 nitrogen and oxygen atoms in total. The maximum Gasteiger partial charge on any atom is 0.271 e. The summed E-state index contributed by atoms with van der Waals surface area (Å²) in [6.07, 6.45) is 1.38. The van der Waals surface area contributed by atoms with E-state index < -0.39 is 5.91 Å². The predicted octanol–water partition coefficient (Wildman–Crippen LogP) is 4.72. The van der Waals surface area contributed by atoms with E-state index in [1.165, 1.54) is 18.3 Å². The van der Waals surface area contributed by atoms with Crippen molar-refractivity contribution < 1.29 is 14.3 Å². The highest BCUT2D eigenvalue weighted by Crippen LogP contribution is 2.29. The molecule has 7 heteroatoms. The monoisotopic (exact) mass is 374 g/mol. The Kier molecular flexibility index (Phi) is 5.07. The van der Waals surface area contributed by atoms with Gasteiger partial charge in [-0.2, -0.15) is 5.10 Å². The largest absolute Gasteiger partial charge is 0.508 e. The zero-order valence-electron chi connectivity index (χ0n) is 12.7. The van der Waals surface area contributed by atoms with Gasteiger partial charge < -0.3 is 9.52 Å². The summed E-state index contributed by atoms with van der Waals surface area (Å²) in [6, 6.07) is 14.6. The number of rotatable bonds is 4. The molecule has 0 saturated heterocycles. The van der Waals surface area contributed by atoms with E-state index in [4.69, 9.17) is 27.6 Å². The lowest BCUT2D eigenvalue weighted by molar-refractivity contribution is 0.0954. The summed E-state index contributed by atoms with van der Waals surface area (Å²) in [5.41, 5.74) is 3.44. The van der Waals surface area contributed by atoms with Gasteiger partial charge in [-0.1, -0.05) is 29.3 Å². The predicted molar refractivity (Wildman–Crippen MR) is 97.3 cm³/mol. The van der Waals surface area contributed by atoms with Crippen molar-refractivity contribution in [3.05, 3.63) is 76.0 Å². The molecule has 2 N–H and O–H groups in total. The summed E-state index contributed by atoms with van der Waals surface area (Å²) in [5.74, 6) is 0.619. The Morgan fingerprint density at radius 3 is 2.68 bits per heavy atom. The Bertz CT molecular complexity index is 951. The first-order valence-electron chi connectivity index (χ1n) is 7.20. The molecule has 0 spiro atoms. The van der Waals surface area contributed by atoms with Crippen molar-refractivity contribution in [1.82, 2.24) is 5.43 Å². The molecule has 0 bridgehead atoms. The number of hydrazone groups is 1. The molecule has 3 aromatic rings. The fourth-order valence-electron chi connectivity index (χ4n) is 2.09. The number of carbonyl (C=O) groups is 1. The molecule has 1 aromatic heterocycles. The molecule has 2 aromatic carbocycles. The van der Waals surface area contributed by atoms with Crippen molar-refractivity contribution >= 4 is 35.3 Å². The van der Waals surface area contributed by atoms with Gasteiger partial charge in [0.05, 0.1) is 16.3 Å². The lowest BCUT2D eigenvalue weighted by atomic mass is 10.2. The molecular formula is C18H12Cl2N2O3. The highest BCUT2D eigenvalue weighted by molar-refractivity contribution is 6.42. The number of furan rings is 1. The normalized spacial score (nSPS) is 11.0. The summed E-state index contributed by atoms with van der Waals surface area (Å²) in [5, 5.41) is 14.1. The quantitative estimate of drug-likeness (QED) is 0.512. The van der Waals surface area contributed by atoms with Gasteiger partial charge in [0.1, 0.15) is 17.3 Å². The van der Waals surface area contributed by atoms with E-state index in [2.05, 4.69) is 10.5 Å². The van der Waals surface area contributed by atoms with E-state index >= 15 is 0 Å². The lowest BCUT2D eigenvalue weighted by Crippen LogP contribution is -2.17. The van der Waals surface area contributed by atoms with E-state index in [-0.39, 0.29) is 5.75 Å². The summed E-state index contributed by atoms with van der Waals surface area (Å²) >= 11 is 11.9. The molecule has 0 fully saturated rings. The molecule has 0 aliphatic heterocycles. The summed E-state index contributed by atoms with van der Waals surface area (Å²) < 4.78 is 5.63. The van der Waals surface area contributed by atoms with E-state index in [0.29, 0.717) is 27.1 Å². The second-order valence-corrected chi connectivity index (χ2v) is 5.89. The number of hydrogen-bond donors (Lipinski definition) is 2. The zero-order chi connectivity index (χ0) is 17.8. The molecule has 0 aliphatic carbocycles. The summed E-state index contributed by atoms with van der Waals surface area (Å²) in [4.78, 5) is 11.9. The number of phenols is 1.